The van der Waals surface area contributed by atoms with Crippen molar-refractivity contribution in [1.82, 2.24) is 4.90 Å². The lowest BCUT2D eigenvalue weighted by atomic mass is 9.96. The van der Waals surface area contributed by atoms with Crippen molar-refractivity contribution in [2.75, 3.05) is 13.2 Å². The molecule has 0 aromatic heterocycles. The van der Waals surface area contributed by atoms with Gasteiger partial charge in [-0.25, -0.2) is 4.79 Å². The summed E-state index contributed by atoms with van der Waals surface area (Å²) in [4.78, 5) is 37.8. The number of carbonyl (C=O) groups excluding carboxylic acids is 3. The number of alkyl halides is 2. The third-order valence-corrected chi connectivity index (χ3v) is 6.16. The Morgan fingerprint density at radius 3 is 2.40 bits per heavy atom. The molecule has 0 spiro atoms. The molecular weight excluding hydrogens is 462 g/mol. The zero-order chi connectivity index (χ0) is 25.1. The van der Waals surface area contributed by atoms with E-state index in [0.717, 1.165) is 18.4 Å². The number of hydrogen-bond acceptors (Lipinski definition) is 6. The molecule has 1 heterocycles. The Hall–Kier alpha value is -3.69. The van der Waals surface area contributed by atoms with Crippen molar-refractivity contribution in [2.24, 2.45) is 11.7 Å². The largest absolute Gasteiger partial charge is 0.489 e. The van der Waals surface area contributed by atoms with Crippen LogP contribution in [0.15, 0.2) is 42.5 Å². The molecule has 1 saturated carbocycles. The summed E-state index contributed by atoms with van der Waals surface area (Å²) in [7, 11) is 0. The molecule has 35 heavy (non-hydrogen) atoms. The van der Waals surface area contributed by atoms with Crippen LogP contribution in [0.5, 0.6) is 17.2 Å². The minimum absolute atomic E-state index is 0.0545. The number of ether oxygens (including phenoxy) is 3. The van der Waals surface area contributed by atoms with Crippen molar-refractivity contribution in [2.45, 2.75) is 44.8 Å². The van der Waals surface area contributed by atoms with Crippen molar-refractivity contribution >= 4 is 17.8 Å². The lowest BCUT2D eigenvalue weighted by molar-refractivity contribution is -0.145. The highest BCUT2D eigenvalue weighted by Gasteiger charge is 2.40. The van der Waals surface area contributed by atoms with E-state index in [1.807, 2.05) is 0 Å². The highest BCUT2D eigenvalue weighted by Crippen LogP contribution is 2.39. The molecule has 1 aliphatic heterocycles. The molecule has 8 nitrogen and oxygen atoms in total. The number of primary amides is 1. The summed E-state index contributed by atoms with van der Waals surface area (Å²) in [6.45, 7) is -0.947. The van der Waals surface area contributed by atoms with E-state index in [2.05, 4.69) is 4.74 Å². The molecule has 2 aromatic rings. The van der Waals surface area contributed by atoms with Gasteiger partial charge in [0.15, 0.2) is 11.5 Å². The summed E-state index contributed by atoms with van der Waals surface area (Å²) in [5.41, 5.74) is 6.24. The number of likely N-dealkylation sites (tertiary alicyclic amines) is 1. The average molecular weight is 488 g/mol. The smallest absolute Gasteiger partial charge is 0.387 e. The Morgan fingerprint density at radius 2 is 1.80 bits per heavy atom. The van der Waals surface area contributed by atoms with Gasteiger partial charge >= 0.3 is 12.6 Å². The molecular formula is C25H26F2N2O6. The number of nitrogens with two attached hydrogens (primary N) is 1. The van der Waals surface area contributed by atoms with E-state index in [4.69, 9.17) is 15.2 Å². The standard InChI is InChI=1S/C25H26F2N2O6/c1-14(30)29-12-18(10-20(29)24(32)34-19-7-4-16(5-8-19)23(28)31)17-6-9-21(35-25(26)27)22(11-17)33-13-15-2-3-15/h4-9,11,15,18,20,25H,2-3,10,12-13H2,1H3,(H2,28,31)/t18?,20-/m1/s1. The van der Waals surface area contributed by atoms with Gasteiger partial charge in [-0.15, -0.1) is 0 Å². The van der Waals surface area contributed by atoms with Gasteiger partial charge in [-0.05, 0) is 67.1 Å². The van der Waals surface area contributed by atoms with Gasteiger partial charge in [-0.3, -0.25) is 9.59 Å². The molecule has 186 valence electrons. The molecule has 2 amide bonds. The topological polar surface area (TPSA) is 108 Å². The molecule has 2 fully saturated rings. The summed E-state index contributed by atoms with van der Waals surface area (Å²) in [6, 6.07) is 9.66. The first-order valence-electron chi connectivity index (χ1n) is 11.3. The Morgan fingerprint density at radius 1 is 1.09 bits per heavy atom. The highest BCUT2D eigenvalue weighted by atomic mass is 19.3. The van der Waals surface area contributed by atoms with Crippen LogP contribution in [0.2, 0.25) is 0 Å². The molecule has 2 atom stereocenters. The van der Waals surface area contributed by atoms with Crippen LogP contribution in [0.25, 0.3) is 0 Å². The molecule has 1 saturated heterocycles. The van der Waals surface area contributed by atoms with Crippen molar-refractivity contribution in [3.8, 4) is 17.2 Å². The molecule has 1 unspecified atom stereocenters. The number of esters is 1. The minimum atomic E-state index is -2.99. The van der Waals surface area contributed by atoms with Crippen molar-refractivity contribution in [1.29, 1.82) is 0 Å². The quantitative estimate of drug-likeness (QED) is 0.428. The van der Waals surface area contributed by atoms with Gasteiger partial charge in [0.2, 0.25) is 11.8 Å². The summed E-state index contributed by atoms with van der Waals surface area (Å²) in [5, 5.41) is 0. The lowest BCUT2D eigenvalue weighted by Crippen LogP contribution is -2.41. The molecule has 0 bridgehead atoms. The maximum absolute atomic E-state index is 12.9. The second kappa shape index (κ2) is 10.3. The van der Waals surface area contributed by atoms with Crippen LogP contribution in [0.1, 0.15) is 48.0 Å². The first-order chi connectivity index (χ1) is 16.7. The first kappa shape index (κ1) is 24.4. The van der Waals surface area contributed by atoms with Gasteiger partial charge in [-0.2, -0.15) is 8.78 Å². The van der Waals surface area contributed by atoms with E-state index in [9.17, 15) is 23.2 Å². The van der Waals surface area contributed by atoms with E-state index >= 15 is 0 Å². The van der Waals surface area contributed by atoms with Crippen molar-refractivity contribution in [3.05, 3.63) is 53.6 Å². The maximum atomic E-state index is 12.9. The predicted octanol–water partition coefficient (Wildman–Crippen LogP) is 3.49. The van der Waals surface area contributed by atoms with Gasteiger partial charge in [-0.1, -0.05) is 6.07 Å². The molecule has 1 aliphatic carbocycles. The fraction of sp³-hybridized carbons (Fsp3) is 0.400. The second-order valence-corrected chi connectivity index (χ2v) is 8.77. The Balaban J connectivity index is 1.50. The van der Waals surface area contributed by atoms with Crippen molar-refractivity contribution in [3.63, 3.8) is 0 Å². The molecule has 2 aromatic carbocycles. The monoisotopic (exact) mass is 488 g/mol. The Bertz CT molecular complexity index is 1100. The summed E-state index contributed by atoms with van der Waals surface area (Å²) in [5.74, 6) is -0.956. The molecule has 2 N–H and O–H groups in total. The fourth-order valence-corrected chi connectivity index (χ4v) is 4.10. The number of hydrogen-bond donors (Lipinski definition) is 1. The zero-order valence-electron chi connectivity index (χ0n) is 19.1. The van der Waals surface area contributed by atoms with Crippen LogP contribution in [0.3, 0.4) is 0 Å². The van der Waals surface area contributed by atoms with Crippen molar-refractivity contribution < 1.29 is 37.4 Å². The van der Waals surface area contributed by atoms with Gasteiger partial charge < -0.3 is 24.8 Å². The van der Waals surface area contributed by atoms with E-state index < -0.39 is 24.5 Å². The average Bonchev–Trinajstić information content (AvgIpc) is 3.53. The molecule has 4 rings (SSSR count). The second-order valence-electron chi connectivity index (χ2n) is 8.77. The minimum Gasteiger partial charge on any atom is -0.489 e. The normalized spacial score (nSPS) is 19.5. The first-order valence-corrected chi connectivity index (χ1v) is 11.3. The van der Waals surface area contributed by atoms with Crippen LogP contribution in [0, 0.1) is 5.92 Å². The number of nitrogens with zero attached hydrogens (tertiary/aromatic N) is 1. The lowest BCUT2D eigenvalue weighted by Gasteiger charge is -2.21. The summed E-state index contributed by atoms with van der Waals surface area (Å²) in [6.07, 6.45) is 2.36. The molecule has 0 radical (unpaired) electrons. The summed E-state index contributed by atoms with van der Waals surface area (Å²) < 4.78 is 41.5. The fourth-order valence-electron chi connectivity index (χ4n) is 4.10. The van der Waals surface area contributed by atoms with Crippen LogP contribution in [0.4, 0.5) is 8.78 Å². The van der Waals surface area contributed by atoms with Gasteiger partial charge in [0, 0.05) is 24.9 Å². The molecule has 2 aliphatic rings. The third-order valence-electron chi connectivity index (χ3n) is 6.16. The number of carbonyl (C=O) groups is 3. The van der Waals surface area contributed by atoms with Gasteiger partial charge in [0.05, 0.1) is 6.61 Å². The Kier molecular flexibility index (Phi) is 7.18. The van der Waals surface area contributed by atoms with Crippen LogP contribution in [-0.4, -0.2) is 48.5 Å². The van der Waals surface area contributed by atoms with Gasteiger partial charge in [0.25, 0.3) is 0 Å². The van der Waals surface area contributed by atoms with Gasteiger partial charge in [0.1, 0.15) is 11.8 Å². The van der Waals surface area contributed by atoms with Crippen LogP contribution >= 0.6 is 0 Å². The number of rotatable bonds is 9. The Labute approximate surface area is 200 Å². The predicted molar refractivity (Wildman–Crippen MR) is 120 cm³/mol. The van der Waals surface area contributed by atoms with Crippen LogP contribution < -0.4 is 19.9 Å². The SMILES string of the molecule is CC(=O)N1CC(c2ccc(OC(F)F)c(OCC3CC3)c2)C[C@@H]1C(=O)Oc1ccc(C(N)=O)cc1. The number of benzene rings is 2. The zero-order valence-corrected chi connectivity index (χ0v) is 19.1. The van der Waals surface area contributed by atoms with Crippen LogP contribution in [-0.2, 0) is 9.59 Å². The maximum Gasteiger partial charge on any atom is 0.387 e. The summed E-state index contributed by atoms with van der Waals surface area (Å²) >= 11 is 0. The van der Waals surface area contributed by atoms with E-state index in [1.165, 1.54) is 42.2 Å². The number of amides is 2. The molecule has 10 heteroatoms. The van der Waals surface area contributed by atoms with E-state index in [1.54, 1.807) is 12.1 Å². The van der Waals surface area contributed by atoms with E-state index in [0.29, 0.717) is 12.5 Å². The third kappa shape index (κ3) is 6.06. The van der Waals surface area contributed by atoms with E-state index in [-0.39, 0.29) is 47.6 Å². The number of halogens is 2. The highest BCUT2D eigenvalue weighted by molar-refractivity contribution is 5.93.